The van der Waals surface area contributed by atoms with Gasteiger partial charge in [-0.1, -0.05) is 72.6 Å². The van der Waals surface area contributed by atoms with Gasteiger partial charge in [-0.25, -0.2) is 0 Å². The molecule has 0 unspecified atom stereocenters. The van der Waals surface area contributed by atoms with E-state index >= 15 is 0 Å². The summed E-state index contributed by atoms with van der Waals surface area (Å²) in [7, 11) is 0. The molecule has 34 heavy (non-hydrogen) atoms. The molecule has 6 heteroatoms. The van der Waals surface area contributed by atoms with Crippen molar-refractivity contribution in [1.29, 1.82) is 0 Å². The van der Waals surface area contributed by atoms with E-state index in [0.717, 1.165) is 79.0 Å². The number of Topliss-reactive ketones (excluding diaryl/α,β-unsaturated/α-hetero) is 1. The number of aromatic nitrogens is 3. The summed E-state index contributed by atoms with van der Waals surface area (Å²) in [5.41, 5.74) is 11.0. The molecule has 0 amide bonds. The summed E-state index contributed by atoms with van der Waals surface area (Å²) >= 11 is 0. The molecule has 168 valence electrons. The summed E-state index contributed by atoms with van der Waals surface area (Å²) in [5, 5.41) is 6.43. The third-order valence-corrected chi connectivity index (χ3v) is 6.86. The van der Waals surface area contributed by atoms with E-state index in [9.17, 15) is 4.79 Å². The zero-order valence-electron chi connectivity index (χ0n) is 20.4. The second kappa shape index (κ2) is 9.00. The number of carbonyl (C=O) groups is 1. The van der Waals surface area contributed by atoms with Crippen molar-refractivity contribution < 1.29 is 4.79 Å². The Morgan fingerprint density at radius 2 is 1.68 bits per heavy atom. The van der Waals surface area contributed by atoms with Crippen LogP contribution in [0.25, 0.3) is 35.2 Å². The number of rotatable bonds is 2. The maximum absolute atomic E-state index is 12.8. The van der Waals surface area contributed by atoms with Crippen LogP contribution in [0.1, 0.15) is 81.2 Å². The molecule has 0 fully saturated rings. The smallest absolute Gasteiger partial charge is 0.668 e. The fourth-order valence-electron chi connectivity index (χ4n) is 4.92. The number of hydrogen-bond acceptors (Lipinski definition) is 1. The molecular formula is C28H26MgN4O-2. The van der Waals surface area contributed by atoms with Gasteiger partial charge in [0.15, 0.2) is 5.78 Å². The van der Waals surface area contributed by atoms with Gasteiger partial charge in [0.05, 0.1) is 0 Å². The molecular weight excluding hydrogens is 433 g/mol. The Labute approximate surface area is 216 Å². The third-order valence-electron chi connectivity index (χ3n) is 6.86. The van der Waals surface area contributed by atoms with Crippen molar-refractivity contribution in [3.8, 4) is 0 Å². The quantitative estimate of drug-likeness (QED) is 0.550. The standard InChI is InChI=1S/C28H27N4O.Mg/c1-7-18-14(3)21-9-10-29-17(6)20-11-26(33)27-16(5)23(32-28(20)27)13-25-19(8-2)15(4)22(31-25)12-24(18)30-21;/h7,9-10,12-13H,1,8,11H2,2-6H3,(H-,29,32,33);/q-3;+2/p-1/b10-9-,22-12-,25-13-;. The van der Waals surface area contributed by atoms with Crippen molar-refractivity contribution in [3.05, 3.63) is 90.6 Å². The van der Waals surface area contributed by atoms with Crippen LogP contribution in [0.3, 0.4) is 0 Å². The SMILES string of the molecule is C=Cc1c2[n-]c(c1C)/C=C\[N-]/C(C)=C1/CC(=O)c3c1[n-]c(c3C)/C=c1\[n-]/c(c(C)c1CC)=C\2.[Mg+2]. The van der Waals surface area contributed by atoms with E-state index in [4.69, 9.17) is 15.0 Å². The third kappa shape index (κ3) is 3.65. The maximum Gasteiger partial charge on any atom is 2.00 e. The largest absolute Gasteiger partial charge is 2.00 e. The van der Waals surface area contributed by atoms with E-state index in [1.54, 1.807) is 6.20 Å². The van der Waals surface area contributed by atoms with Crippen LogP contribution < -0.4 is 25.7 Å². The Morgan fingerprint density at radius 3 is 2.38 bits per heavy atom. The molecule has 0 spiro atoms. The van der Waals surface area contributed by atoms with E-state index in [-0.39, 0.29) is 28.8 Å². The van der Waals surface area contributed by atoms with Crippen LogP contribution in [0.4, 0.5) is 0 Å². The van der Waals surface area contributed by atoms with Crippen LogP contribution in [-0.2, 0) is 6.42 Å². The first-order valence-electron chi connectivity index (χ1n) is 11.3. The van der Waals surface area contributed by atoms with Gasteiger partial charge in [0, 0.05) is 12.0 Å². The number of fused-ring (bicyclic) bond motifs is 5. The van der Waals surface area contributed by atoms with Gasteiger partial charge >= 0.3 is 23.1 Å². The number of allylic oxidation sites excluding steroid dienone is 2. The fraction of sp³-hybridized carbons (Fsp3) is 0.250. The summed E-state index contributed by atoms with van der Waals surface area (Å²) < 4.78 is 0. The maximum atomic E-state index is 12.8. The molecule has 0 atom stereocenters. The first-order valence-corrected chi connectivity index (χ1v) is 11.3. The summed E-state index contributed by atoms with van der Waals surface area (Å²) in [4.78, 5) is 27.5. The first-order chi connectivity index (χ1) is 15.8. The van der Waals surface area contributed by atoms with Crippen molar-refractivity contribution in [2.24, 2.45) is 0 Å². The minimum Gasteiger partial charge on any atom is -0.668 e. The molecule has 0 saturated carbocycles. The minimum atomic E-state index is 0. The van der Waals surface area contributed by atoms with Crippen molar-refractivity contribution in [3.63, 3.8) is 0 Å². The van der Waals surface area contributed by atoms with E-state index in [2.05, 4.69) is 25.7 Å². The van der Waals surface area contributed by atoms with Crippen molar-refractivity contribution in [2.45, 2.75) is 47.5 Å². The Hall–Kier alpha value is -2.96. The second-order valence-electron chi connectivity index (χ2n) is 8.71. The van der Waals surface area contributed by atoms with Gasteiger partial charge in [0.2, 0.25) is 0 Å². The van der Waals surface area contributed by atoms with Gasteiger partial charge in [-0.2, -0.15) is 11.9 Å². The summed E-state index contributed by atoms with van der Waals surface area (Å²) in [6.07, 6.45) is 10.8. The average molecular weight is 459 g/mol. The predicted molar refractivity (Wildman–Crippen MR) is 139 cm³/mol. The summed E-state index contributed by atoms with van der Waals surface area (Å²) in [6.45, 7) is 14.2. The summed E-state index contributed by atoms with van der Waals surface area (Å²) in [6, 6.07) is 0. The van der Waals surface area contributed by atoms with Gasteiger partial charge in [-0.3, -0.25) is 4.79 Å². The second-order valence-corrected chi connectivity index (χ2v) is 8.71. The molecule has 0 saturated heterocycles. The van der Waals surface area contributed by atoms with Gasteiger partial charge in [-0.15, -0.1) is 33.5 Å². The molecule has 1 aliphatic carbocycles. The van der Waals surface area contributed by atoms with Crippen LogP contribution in [0, 0.1) is 20.8 Å². The molecule has 5 rings (SSSR count). The molecule has 1 aliphatic heterocycles. The molecule has 5 nitrogen and oxygen atoms in total. The molecule has 6 bridgehead atoms. The van der Waals surface area contributed by atoms with Gasteiger partial charge in [0.25, 0.3) is 0 Å². The molecule has 0 aromatic carbocycles. The Morgan fingerprint density at radius 1 is 0.941 bits per heavy atom. The molecule has 3 aromatic heterocycles. The van der Waals surface area contributed by atoms with Crippen LogP contribution in [0.2, 0.25) is 0 Å². The topological polar surface area (TPSA) is 73.5 Å². The van der Waals surface area contributed by atoms with E-state index in [1.165, 1.54) is 5.56 Å². The molecule has 3 aromatic rings. The predicted octanol–water partition coefficient (Wildman–Crippen LogP) is 3.64. The molecule has 0 radical (unpaired) electrons. The monoisotopic (exact) mass is 458 g/mol. The number of carbonyl (C=O) groups excluding carboxylic acids is 1. The zero-order chi connectivity index (χ0) is 23.4. The van der Waals surface area contributed by atoms with Crippen molar-refractivity contribution in [2.75, 3.05) is 0 Å². The molecule has 0 N–H and O–H groups in total. The summed E-state index contributed by atoms with van der Waals surface area (Å²) in [5.74, 6) is 0.106. The Kier molecular flexibility index (Phi) is 6.40. The van der Waals surface area contributed by atoms with E-state index in [1.807, 2.05) is 45.1 Å². The minimum absolute atomic E-state index is 0. The molecule has 2 aliphatic rings. The van der Waals surface area contributed by atoms with E-state index < -0.39 is 0 Å². The average Bonchev–Trinajstić information content (AvgIpc) is 3.46. The fourth-order valence-corrected chi connectivity index (χ4v) is 4.92. The van der Waals surface area contributed by atoms with Gasteiger partial charge in [-0.05, 0) is 32.8 Å². The molecule has 4 heterocycles. The van der Waals surface area contributed by atoms with Crippen molar-refractivity contribution >= 4 is 58.7 Å². The van der Waals surface area contributed by atoms with Crippen LogP contribution in [-0.4, -0.2) is 28.8 Å². The van der Waals surface area contributed by atoms with Crippen molar-refractivity contribution in [1.82, 2.24) is 15.0 Å². The number of nitrogens with zero attached hydrogens (tertiary/aromatic N) is 4. The van der Waals surface area contributed by atoms with Gasteiger partial charge in [0.1, 0.15) is 0 Å². The Bertz CT molecular complexity index is 1520. The Balaban J connectivity index is 0.00000274. The normalized spacial score (nSPS) is 19.5. The first kappa shape index (κ1) is 24.2. The zero-order valence-corrected chi connectivity index (χ0v) is 21.8. The van der Waals surface area contributed by atoms with Gasteiger partial charge < -0.3 is 20.3 Å². The van der Waals surface area contributed by atoms with Crippen LogP contribution >= 0.6 is 0 Å². The van der Waals surface area contributed by atoms with E-state index in [0.29, 0.717) is 6.42 Å². The van der Waals surface area contributed by atoms with Crippen LogP contribution in [0.5, 0.6) is 0 Å². The number of hydrogen-bond donors (Lipinski definition) is 0. The van der Waals surface area contributed by atoms with Crippen LogP contribution in [0.15, 0.2) is 18.5 Å². The number of ketones is 1.